The summed E-state index contributed by atoms with van der Waals surface area (Å²) in [4.78, 5) is 0. The van der Waals surface area contributed by atoms with Crippen molar-refractivity contribution in [2.75, 3.05) is 5.32 Å². The molecular formula is C11H7Br3FNO. The van der Waals surface area contributed by atoms with Crippen molar-refractivity contribution >= 4 is 53.5 Å². The highest BCUT2D eigenvalue weighted by Crippen LogP contribution is 2.27. The van der Waals surface area contributed by atoms with Crippen LogP contribution >= 0.6 is 47.8 Å². The maximum atomic E-state index is 13.2. The molecule has 1 N–H and O–H groups in total. The molecular weight excluding hydrogens is 421 g/mol. The molecule has 0 aliphatic rings. The number of hydrogen-bond acceptors (Lipinski definition) is 2. The van der Waals surface area contributed by atoms with Crippen LogP contribution < -0.4 is 5.32 Å². The van der Waals surface area contributed by atoms with Gasteiger partial charge in [-0.3, -0.25) is 0 Å². The highest BCUT2D eigenvalue weighted by molar-refractivity contribution is 9.13. The molecule has 0 bridgehead atoms. The summed E-state index contributed by atoms with van der Waals surface area (Å²) < 4.78 is 20.6. The van der Waals surface area contributed by atoms with Gasteiger partial charge < -0.3 is 9.73 Å². The Balaban J connectivity index is 2.04. The fourth-order valence-corrected chi connectivity index (χ4v) is 2.18. The minimum atomic E-state index is -0.295. The first kappa shape index (κ1) is 13.1. The van der Waals surface area contributed by atoms with Gasteiger partial charge in [0, 0.05) is 5.69 Å². The van der Waals surface area contributed by atoms with E-state index in [4.69, 9.17) is 4.42 Å². The van der Waals surface area contributed by atoms with Gasteiger partial charge in [0.1, 0.15) is 11.6 Å². The van der Waals surface area contributed by atoms with Gasteiger partial charge in [-0.2, -0.15) is 0 Å². The quantitative estimate of drug-likeness (QED) is 0.717. The molecule has 1 aromatic heterocycles. The van der Waals surface area contributed by atoms with Crippen molar-refractivity contribution in [1.29, 1.82) is 0 Å². The van der Waals surface area contributed by atoms with Gasteiger partial charge in [0.2, 0.25) is 0 Å². The second-order valence-corrected chi connectivity index (χ2v) is 5.75. The molecule has 2 aromatic rings. The number of furan rings is 1. The number of halogens is 4. The van der Waals surface area contributed by atoms with Gasteiger partial charge in [-0.05, 0) is 72.1 Å². The Kier molecular flexibility index (Phi) is 4.27. The van der Waals surface area contributed by atoms with Crippen LogP contribution in [0.25, 0.3) is 0 Å². The molecule has 0 aliphatic heterocycles. The standard InChI is InChI=1S/C11H7Br3FNO/c12-8-2-1-6(3-10(8)15)16-5-7-4-9(13)11(14)17-7/h1-4,16H,5H2. The molecule has 0 aliphatic carbocycles. The summed E-state index contributed by atoms with van der Waals surface area (Å²) in [5, 5.41) is 3.07. The molecule has 2 rings (SSSR count). The minimum Gasteiger partial charge on any atom is -0.451 e. The van der Waals surface area contributed by atoms with E-state index in [-0.39, 0.29) is 5.82 Å². The lowest BCUT2D eigenvalue weighted by Crippen LogP contribution is -1.98. The summed E-state index contributed by atoms with van der Waals surface area (Å²) in [6.45, 7) is 0.491. The Hall–Kier alpha value is -0.330. The van der Waals surface area contributed by atoms with Crippen LogP contribution in [-0.2, 0) is 6.54 Å². The number of anilines is 1. The summed E-state index contributed by atoms with van der Waals surface area (Å²) in [5.41, 5.74) is 0.703. The molecule has 17 heavy (non-hydrogen) atoms. The molecule has 6 heteroatoms. The molecule has 2 nitrogen and oxygen atoms in total. The average Bonchev–Trinajstić information content (AvgIpc) is 2.60. The Bertz CT molecular complexity index is 522. The van der Waals surface area contributed by atoms with Crippen molar-refractivity contribution in [1.82, 2.24) is 0 Å². The van der Waals surface area contributed by atoms with E-state index in [1.54, 1.807) is 12.1 Å². The smallest absolute Gasteiger partial charge is 0.183 e. The molecule has 1 heterocycles. The normalized spacial score (nSPS) is 10.6. The molecule has 0 saturated carbocycles. The maximum absolute atomic E-state index is 13.2. The molecule has 0 saturated heterocycles. The van der Waals surface area contributed by atoms with Crippen molar-refractivity contribution in [2.45, 2.75) is 6.54 Å². The van der Waals surface area contributed by atoms with Crippen LogP contribution in [0.5, 0.6) is 0 Å². The fraction of sp³-hybridized carbons (Fsp3) is 0.0909. The predicted octanol–water partition coefficient (Wildman–Crippen LogP) is 5.32. The minimum absolute atomic E-state index is 0.295. The molecule has 0 spiro atoms. The summed E-state index contributed by atoms with van der Waals surface area (Å²) >= 11 is 9.69. The highest BCUT2D eigenvalue weighted by atomic mass is 79.9. The molecule has 0 fully saturated rings. The van der Waals surface area contributed by atoms with Crippen LogP contribution in [-0.4, -0.2) is 0 Å². The number of nitrogens with one attached hydrogen (secondary N) is 1. The van der Waals surface area contributed by atoms with E-state index < -0.39 is 0 Å². The third-order valence-corrected chi connectivity index (χ3v) is 4.44. The van der Waals surface area contributed by atoms with E-state index in [0.717, 1.165) is 10.2 Å². The van der Waals surface area contributed by atoms with E-state index in [1.807, 2.05) is 6.07 Å². The number of rotatable bonds is 3. The lowest BCUT2D eigenvalue weighted by molar-refractivity contribution is 0.494. The van der Waals surface area contributed by atoms with E-state index in [9.17, 15) is 4.39 Å². The van der Waals surface area contributed by atoms with E-state index in [2.05, 4.69) is 53.1 Å². The third kappa shape index (κ3) is 3.33. The first-order valence-corrected chi connectivity index (χ1v) is 7.07. The topological polar surface area (TPSA) is 25.2 Å². The van der Waals surface area contributed by atoms with E-state index in [0.29, 0.717) is 21.4 Å². The largest absolute Gasteiger partial charge is 0.451 e. The second kappa shape index (κ2) is 5.54. The number of benzene rings is 1. The van der Waals surface area contributed by atoms with Gasteiger partial charge in [-0.25, -0.2) is 4.39 Å². The lowest BCUT2D eigenvalue weighted by atomic mass is 10.3. The van der Waals surface area contributed by atoms with E-state index in [1.165, 1.54) is 6.07 Å². The molecule has 0 radical (unpaired) electrons. The summed E-state index contributed by atoms with van der Waals surface area (Å²) in [5.74, 6) is 0.462. The van der Waals surface area contributed by atoms with Crippen LogP contribution in [0.4, 0.5) is 10.1 Å². The zero-order valence-electron chi connectivity index (χ0n) is 8.44. The molecule has 0 unspecified atom stereocenters. The van der Waals surface area contributed by atoms with Crippen LogP contribution in [0.1, 0.15) is 5.76 Å². The van der Waals surface area contributed by atoms with Crippen LogP contribution in [0.15, 0.2) is 42.3 Å². The molecule has 0 atom stereocenters. The van der Waals surface area contributed by atoms with Crippen molar-refractivity contribution < 1.29 is 8.81 Å². The predicted molar refractivity (Wildman–Crippen MR) is 75.5 cm³/mol. The average molecular weight is 428 g/mol. The zero-order valence-corrected chi connectivity index (χ0v) is 13.2. The van der Waals surface area contributed by atoms with Crippen molar-refractivity contribution in [2.24, 2.45) is 0 Å². The third-order valence-electron chi connectivity index (χ3n) is 2.08. The Morgan fingerprint density at radius 1 is 1.12 bits per heavy atom. The zero-order chi connectivity index (χ0) is 12.4. The van der Waals surface area contributed by atoms with Gasteiger partial charge in [0.15, 0.2) is 4.67 Å². The van der Waals surface area contributed by atoms with Gasteiger partial charge in [-0.1, -0.05) is 0 Å². The van der Waals surface area contributed by atoms with Crippen LogP contribution in [0.2, 0.25) is 0 Å². The fourth-order valence-electron chi connectivity index (χ4n) is 1.27. The lowest BCUT2D eigenvalue weighted by Gasteiger charge is -2.04. The first-order valence-electron chi connectivity index (χ1n) is 4.69. The Labute approximate surface area is 123 Å². The highest BCUT2D eigenvalue weighted by Gasteiger charge is 2.06. The van der Waals surface area contributed by atoms with Gasteiger partial charge in [-0.15, -0.1) is 0 Å². The SMILES string of the molecule is Fc1cc(NCc2cc(Br)c(Br)o2)ccc1Br. The van der Waals surface area contributed by atoms with E-state index >= 15 is 0 Å². The first-order chi connectivity index (χ1) is 8.06. The maximum Gasteiger partial charge on any atom is 0.183 e. The Morgan fingerprint density at radius 3 is 2.47 bits per heavy atom. The van der Waals surface area contributed by atoms with Gasteiger partial charge in [0.05, 0.1) is 15.5 Å². The number of hydrogen-bond donors (Lipinski definition) is 1. The summed E-state index contributed by atoms with van der Waals surface area (Å²) in [7, 11) is 0. The van der Waals surface area contributed by atoms with Crippen molar-refractivity contribution in [3.63, 3.8) is 0 Å². The van der Waals surface area contributed by atoms with Crippen molar-refractivity contribution in [3.8, 4) is 0 Å². The van der Waals surface area contributed by atoms with Gasteiger partial charge >= 0.3 is 0 Å². The monoisotopic (exact) mass is 425 g/mol. The van der Waals surface area contributed by atoms with Crippen LogP contribution in [0.3, 0.4) is 0 Å². The van der Waals surface area contributed by atoms with Gasteiger partial charge in [0.25, 0.3) is 0 Å². The second-order valence-electron chi connectivity index (χ2n) is 3.32. The molecule has 90 valence electrons. The van der Waals surface area contributed by atoms with Crippen LogP contribution in [0, 0.1) is 5.82 Å². The molecule has 1 aromatic carbocycles. The summed E-state index contributed by atoms with van der Waals surface area (Å²) in [6, 6.07) is 6.73. The Morgan fingerprint density at radius 2 is 1.88 bits per heavy atom. The summed E-state index contributed by atoms with van der Waals surface area (Å²) in [6.07, 6.45) is 0. The van der Waals surface area contributed by atoms with Crippen molar-refractivity contribution in [3.05, 3.63) is 49.5 Å². The molecule has 0 amide bonds.